The molecular weight excluding hydrogens is 319 g/mol. The Morgan fingerprint density at radius 1 is 1.30 bits per heavy atom. The zero-order chi connectivity index (χ0) is 17.0. The van der Waals surface area contributed by atoms with E-state index in [2.05, 4.69) is 0 Å². The van der Waals surface area contributed by atoms with Gasteiger partial charge in [-0.15, -0.1) is 11.6 Å². The lowest BCUT2D eigenvalue weighted by atomic mass is 9.80. The molecule has 1 aliphatic carbocycles. The molecule has 0 saturated heterocycles. The number of esters is 1. The number of hydrogen-bond donors (Lipinski definition) is 0. The molecule has 1 saturated carbocycles. The molecule has 1 aromatic rings. The zero-order valence-corrected chi connectivity index (χ0v) is 14.3. The van der Waals surface area contributed by atoms with Crippen molar-refractivity contribution in [3.8, 4) is 0 Å². The number of Topliss-reactive ketones (excluding diaryl/α,β-unsaturated/α-hetero) is 1. The highest BCUT2D eigenvalue weighted by Crippen LogP contribution is 2.38. The van der Waals surface area contributed by atoms with Crippen LogP contribution in [0.15, 0.2) is 12.1 Å². The second-order valence-electron chi connectivity index (χ2n) is 5.97. The van der Waals surface area contributed by atoms with E-state index < -0.39 is 17.2 Å². The van der Waals surface area contributed by atoms with Crippen LogP contribution in [0.4, 0.5) is 4.39 Å². The molecule has 0 N–H and O–H groups in total. The summed E-state index contributed by atoms with van der Waals surface area (Å²) in [4.78, 5) is 23.8. The van der Waals surface area contributed by atoms with Crippen molar-refractivity contribution in [3.63, 3.8) is 0 Å². The molecule has 0 spiro atoms. The van der Waals surface area contributed by atoms with Crippen LogP contribution in [0.2, 0.25) is 0 Å². The molecule has 0 heterocycles. The topological polar surface area (TPSA) is 43.4 Å². The van der Waals surface area contributed by atoms with Crippen molar-refractivity contribution < 1.29 is 18.7 Å². The van der Waals surface area contributed by atoms with Gasteiger partial charge in [0.05, 0.1) is 6.61 Å². The summed E-state index contributed by atoms with van der Waals surface area (Å²) in [6, 6.07) is 2.81. The third-order valence-corrected chi connectivity index (χ3v) is 4.76. The normalized spacial score (nSPS) is 16.9. The van der Waals surface area contributed by atoms with E-state index in [4.69, 9.17) is 16.3 Å². The minimum Gasteiger partial charge on any atom is -0.465 e. The first kappa shape index (κ1) is 17.9. The SMILES string of the molecule is CCOC(=O)C(Cl)c1cc(F)c(C2CCCCC2)c(C(C)=O)c1. The molecule has 23 heavy (non-hydrogen) atoms. The summed E-state index contributed by atoms with van der Waals surface area (Å²) in [7, 11) is 0. The molecular formula is C18H22ClFO3. The molecule has 1 unspecified atom stereocenters. The molecule has 5 heteroatoms. The van der Waals surface area contributed by atoms with Gasteiger partial charge in [-0.2, -0.15) is 0 Å². The highest BCUT2D eigenvalue weighted by atomic mass is 35.5. The monoisotopic (exact) mass is 340 g/mol. The number of hydrogen-bond acceptors (Lipinski definition) is 3. The van der Waals surface area contributed by atoms with Gasteiger partial charge in [0.25, 0.3) is 0 Å². The van der Waals surface area contributed by atoms with Crippen LogP contribution < -0.4 is 0 Å². The molecule has 126 valence electrons. The number of benzene rings is 1. The maximum absolute atomic E-state index is 14.7. The minimum absolute atomic E-state index is 0.0630. The van der Waals surface area contributed by atoms with Crippen LogP contribution in [0.25, 0.3) is 0 Å². The number of ether oxygens (including phenoxy) is 1. The summed E-state index contributed by atoms with van der Waals surface area (Å²) >= 11 is 6.07. The quantitative estimate of drug-likeness (QED) is 0.434. The van der Waals surface area contributed by atoms with E-state index in [0.717, 1.165) is 32.1 Å². The second-order valence-corrected chi connectivity index (χ2v) is 6.41. The Bertz CT molecular complexity index is 594. The predicted molar refractivity (Wildman–Crippen MR) is 87.5 cm³/mol. The maximum atomic E-state index is 14.7. The van der Waals surface area contributed by atoms with Crippen LogP contribution in [-0.2, 0) is 9.53 Å². The molecule has 1 atom stereocenters. The third-order valence-electron chi connectivity index (χ3n) is 4.33. The maximum Gasteiger partial charge on any atom is 0.328 e. The first-order valence-electron chi connectivity index (χ1n) is 8.10. The van der Waals surface area contributed by atoms with Gasteiger partial charge in [0.2, 0.25) is 0 Å². The second kappa shape index (κ2) is 7.91. The Morgan fingerprint density at radius 2 is 1.96 bits per heavy atom. The average molecular weight is 341 g/mol. The molecule has 0 aliphatic heterocycles. The number of carbonyl (C=O) groups excluding carboxylic acids is 2. The van der Waals surface area contributed by atoms with Crippen molar-refractivity contribution in [3.05, 3.63) is 34.6 Å². The highest BCUT2D eigenvalue weighted by molar-refractivity contribution is 6.30. The summed E-state index contributed by atoms with van der Waals surface area (Å²) in [5.74, 6) is -1.23. The largest absolute Gasteiger partial charge is 0.465 e. The summed E-state index contributed by atoms with van der Waals surface area (Å²) < 4.78 is 19.6. The van der Waals surface area contributed by atoms with Crippen LogP contribution in [0.1, 0.15) is 78.7 Å². The lowest BCUT2D eigenvalue weighted by Gasteiger charge is -2.25. The molecule has 2 rings (SSSR count). The number of alkyl halides is 1. The van der Waals surface area contributed by atoms with E-state index >= 15 is 0 Å². The summed E-state index contributed by atoms with van der Waals surface area (Å²) in [6.45, 7) is 3.29. The molecule has 1 fully saturated rings. The molecule has 0 bridgehead atoms. The van der Waals surface area contributed by atoms with Crippen molar-refractivity contribution in [2.24, 2.45) is 0 Å². The Kier molecular flexibility index (Phi) is 6.17. The standard InChI is InChI=1S/C18H22ClFO3/c1-3-23-18(22)17(19)13-9-14(11(2)21)16(15(20)10-13)12-7-5-4-6-8-12/h9-10,12,17H,3-8H2,1-2H3. The van der Waals surface area contributed by atoms with E-state index in [1.54, 1.807) is 13.0 Å². The van der Waals surface area contributed by atoms with Crippen molar-refractivity contribution in [1.82, 2.24) is 0 Å². The zero-order valence-electron chi connectivity index (χ0n) is 13.5. The van der Waals surface area contributed by atoms with E-state index in [1.807, 2.05) is 0 Å². The van der Waals surface area contributed by atoms with Crippen LogP contribution in [0.3, 0.4) is 0 Å². The molecule has 0 aromatic heterocycles. The van der Waals surface area contributed by atoms with Gasteiger partial charge < -0.3 is 4.74 Å². The molecule has 0 radical (unpaired) electrons. The van der Waals surface area contributed by atoms with Gasteiger partial charge in [-0.3, -0.25) is 9.59 Å². The Balaban J connectivity index is 2.41. The van der Waals surface area contributed by atoms with Crippen LogP contribution in [-0.4, -0.2) is 18.4 Å². The molecule has 3 nitrogen and oxygen atoms in total. The predicted octanol–water partition coefficient (Wildman–Crippen LogP) is 4.92. The number of rotatable bonds is 5. The van der Waals surface area contributed by atoms with Gasteiger partial charge in [-0.1, -0.05) is 19.3 Å². The van der Waals surface area contributed by atoms with Crippen molar-refractivity contribution in [2.75, 3.05) is 6.61 Å². The van der Waals surface area contributed by atoms with Crippen LogP contribution in [0, 0.1) is 5.82 Å². The lowest BCUT2D eigenvalue weighted by Crippen LogP contribution is -2.16. The van der Waals surface area contributed by atoms with Crippen molar-refractivity contribution in [2.45, 2.75) is 57.2 Å². The van der Waals surface area contributed by atoms with Gasteiger partial charge in [-0.05, 0) is 50.3 Å². The Morgan fingerprint density at radius 3 is 2.52 bits per heavy atom. The Hall–Kier alpha value is -1.42. The fourth-order valence-corrected chi connectivity index (χ4v) is 3.42. The van der Waals surface area contributed by atoms with E-state index in [-0.39, 0.29) is 23.9 Å². The third kappa shape index (κ3) is 4.11. The van der Waals surface area contributed by atoms with Crippen LogP contribution >= 0.6 is 11.6 Å². The summed E-state index contributed by atoms with van der Waals surface area (Å²) in [5.41, 5.74) is 1.09. The summed E-state index contributed by atoms with van der Waals surface area (Å²) in [6.07, 6.45) is 5.02. The van der Waals surface area contributed by atoms with Gasteiger partial charge in [0.15, 0.2) is 11.2 Å². The number of carbonyl (C=O) groups is 2. The van der Waals surface area contributed by atoms with Gasteiger partial charge in [-0.25, -0.2) is 4.39 Å². The molecule has 1 aromatic carbocycles. The van der Waals surface area contributed by atoms with E-state index in [1.165, 1.54) is 13.0 Å². The van der Waals surface area contributed by atoms with Crippen molar-refractivity contribution >= 4 is 23.4 Å². The van der Waals surface area contributed by atoms with E-state index in [0.29, 0.717) is 11.1 Å². The number of halogens is 2. The first-order valence-corrected chi connectivity index (χ1v) is 8.54. The van der Waals surface area contributed by atoms with Crippen LogP contribution in [0.5, 0.6) is 0 Å². The molecule has 0 amide bonds. The number of ketones is 1. The van der Waals surface area contributed by atoms with Gasteiger partial charge >= 0.3 is 5.97 Å². The fraction of sp³-hybridized carbons (Fsp3) is 0.556. The first-order chi connectivity index (χ1) is 11.0. The minimum atomic E-state index is -1.11. The van der Waals surface area contributed by atoms with Crippen molar-refractivity contribution in [1.29, 1.82) is 0 Å². The lowest BCUT2D eigenvalue weighted by molar-refractivity contribution is -0.142. The van der Waals surface area contributed by atoms with E-state index in [9.17, 15) is 14.0 Å². The van der Waals surface area contributed by atoms with Gasteiger partial charge in [0, 0.05) is 11.1 Å². The fourth-order valence-electron chi connectivity index (χ4n) is 3.23. The Labute approximate surface area is 141 Å². The smallest absolute Gasteiger partial charge is 0.328 e. The molecule has 1 aliphatic rings. The summed E-state index contributed by atoms with van der Waals surface area (Å²) in [5, 5.41) is -1.11. The average Bonchev–Trinajstić information content (AvgIpc) is 2.54. The van der Waals surface area contributed by atoms with Gasteiger partial charge in [0.1, 0.15) is 5.82 Å². The highest BCUT2D eigenvalue weighted by Gasteiger charge is 2.27.